The van der Waals surface area contributed by atoms with E-state index in [1.165, 1.54) is 50.1 Å². The lowest BCUT2D eigenvalue weighted by Gasteiger charge is -2.23. The molecule has 1 aliphatic heterocycles. The van der Waals surface area contributed by atoms with Crippen molar-refractivity contribution in [3.63, 3.8) is 0 Å². The van der Waals surface area contributed by atoms with Gasteiger partial charge in [-0.25, -0.2) is 0 Å². The van der Waals surface area contributed by atoms with Gasteiger partial charge in [-0.05, 0) is 54.4 Å². The number of nitrogens with zero attached hydrogens (tertiary/aromatic N) is 1. The molecule has 3 aliphatic carbocycles. The van der Waals surface area contributed by atoms with Crippen molar-refractivity contribution in [2.75, 3.05) is 13.1 Å². The molecule has 4 rings (SSSR count). The van der Waals surface area contributed by atoms with Crippen LogP contribution in [0.3, 0.4) is 0 Å². The van der Waals surface area contributed by atoms with Gasteiger partial charge in [0.25, 0.3) is 0 Å². The van der Waals surface area contributed by atoms with Gasteiger partial charge in [0.15, 0.2) is 0 Å². The minimum absolute atomic E-state index is 0.862. The molecule has 6 atom stereocenters. The first kappa shape index (κ1) is 10.8. The molecule has 1 heterocycles. The first-order valence-electron chi connectivity index (χ1n) is 8.02. The maximum atomic E-state index is 2.67. The van der Waals surface area contributed by atoms with Crippen molar-refractivity contribution in [3.8, 4) is 0 Å². The Balaban J connectivity index is 1.35. The van der Waals surface area contributed by atoms with Crippen LogP contribution in [0.15, 0.2) is 0 Å². The van der Waals surface area contributed by atoms with Crippen molar-refractivity contribution < 1.29 is 0 Å². The standard InChI is InChI=1S/C16H27N/c1-4-7-16(8-10(16)5-2)15-13-12(14(13)15)11-9-17(11)6-3/h10-15H,4-9H2,1-3H3. The molecule has 0 spiro atoms. The minimum Gasteiger partial charge on any atom is -0.298 e. The van der Waals surface area contributed by atoms with Crippen molar-refractivity contribution in [1.82, 2.24) is 4.90 Å². The van der Waals surface area contributed by atoms with E-state index in [9.17, 15) is 0 Å². The van der Waals surface area contributed by atoms with Crippen molar-refractivity contribution >= 4 is 0 Å². The van der Waals surface area contributed by atoms with Crippen LogP contribution in [0.2, 0.25) is 0 Å². The van der Waals surface area contributed by atoms with Crippen molar-refractivity contribution in [2.24, 2.45) is 35.0 Å². The van der Waals surface area contributed by atoms with Gasteiger partial charge in [0.05, 0.1) is 0 Å². The van der Waals surface area contributed by atoms with E-state index >= 15 is 0 Å². The second-order valence-corrected chi connectivity index (χ2v) is 7.21. The Morgan fingerprint density at radius 1 is 1.12 bits per heavy atom. The van der Waals surface area contributed by atoms with Crippen molar-refractivity contribution in [2.45, 2.75) is 52.5 Å². The van der Waals surface area contributed by atoms with Crippen LogP contribution in [0.25, 0.3) is 0 Å². The van der Waals surface area contributed by atoms with Gasteiger partial charge in [-0.3, -0.25) is 4.90 Å². The smallest absolute Gasteiger partial charge is 0.0257 e. The number of likely N-dealkylation sites (N-methyl/N-ethyl adjacent to an activating group) is 1. The summed E-state index contributed by atoms with van der Waals surface area (Å²) >= 11 is 0. The molecule has 96 valence electrons. The summed E-state index contributed by atoms with van der Waals surface area (Å²) in [7, 11) is 0. The Hall–Kier alpha value is -0.0400. The molecule has 0 bridgehead atoms. The molecule has 17 heavy (non-hydrogen) atoms. The molecule has 0 radical (unpaired) electrons. The molecule has 4 fully saturated rings. The predicted molar refractivity (Wildman–Crippen MR) is 70.7 cm³/mol. The summed E-state index contributed by atoms with van der Waals surface area (Å²) in [5, 5.41) is 0. The van der Waals surface area contributed by atoms with Crippen molar-refractivity contribution in [3.05, 3.63) is 0 Å². The molecule has 0 aromatic heterocycles. The highest BCUT2D eigenvalue weighted by Gasteiger charge is 2.84. The van der Waals surface area contributed by atoms with Gasteiger partial charge in [0.1, 0.15) is 0 Å². The van der Waals surface area contributed by atoms with E-state index in [-0.39, 0.29) is 0 Å². The molecule has 3 saturated carbocycles. The fourth-order valence-electron chi connectivity index (χ4n) is 5.58. The number of fused-ring (bicyclic) bond motifs is 1. The van der Waals surface area contributed by atoms with Crippen LogP contribution in [-0.2, 0) is 0 Å². The Kier molecular flexibility index (Phi) is 2.10. The lowest BCUT2D eigenvalue weighted by molar-refractivity contribution is 0.251. The second kappa shape index (κ2) is 3.29. The molecule has 6 unspecified atom stereocenters. The molecule has 0 N–H and O–H groups in total. The van der Waals surface area contributed by atoms with E-state index in [1.54, 1.807) is 6.42 Å². The zero-order chi connectivity index (χ0) is 11.8. The molecule has 1 saturated heterocycles. The van der Waals surface area contributed by atoms with Crippen LogP contribution >= 0.6 is 0 Å². The molecule has 1 heteroatoms. The van der Waals surface area contributed by atoms with Gasteiger partial charge < -0.3 is 0 Å². The third-order valence-corrected chi connectivity index (χ3v) is 6.64. The lowest BCUT2D eigenvalue weighted by Crippen LogP contribution is -2.20. The maximum Gasteiger partial charge on any atom is 0.0257 e. The van der Waals surface area contributed by atoms with Crippen molar-refractivity contribution in [1.29, 1.82) is 0 Å². The highest BCUT2D eigenvalue weighted by Crippen LogP contribution is 2.86. The molecular formula is C16H27N. The first-order valence-corrected chi connectivity index (χ1v) is 8.02. The van der Waals surface area contributed by atoms with E-state index in [0.29, 0.717) is 0 Å². The van der Waals surface area contributed by atoms with Crippen LogP contribution in [0.4, 0.5) is 0 Å². The Labute approximate surface area is 106 Å². The quantitative estimate of drug-likeness (QED) is 0.635. The van der Waals surface area contributed by atoms with E-state index in [4.69, 9.17) is 0 Å². The SMILES string of the molecule is CCCC1(C2C3C(C4CN4CC)C32)CC1CC. The normalized spacial score (nSPS) is 61.9. The van der Waals surface area contributed by atoms with Gasteiger partial charge in [-0.2, -0.15) is 0 Å². The summed E-state index contributed by atoms with van der Waals surface area (Å²) in [6.07, 6.45) is 5.99. The first-order chi connectivity index (χ1) is 8.28. The summed E-state index contributed by atoms with van der Waals surface area (Å²) in [6, 6.07) is 1.03. The van der Waals surface area contributed by atoms with Crippen LogP contribution in [-0.4, -0.2) is 24.0 Å². The topological polar surface area (TPSA) is 3.01 Å². The number of hydrogen-bond acceptors (Lipinski definition) is 1. The molecule has 1 nitrogen and oxygen atoms in total. The second-order valence-electron chi connectivity index (χ2n) is 7.21. The van der Waals surface area contributed by atoms with Gasteiger partial charge in [-0.1, -0.05) is 33.6 Å². The van der Waals surface area contributed by atoms with Gasteiger partial charge in [-0.15, -0.1) is 0 Å². The fraction of sp³-hybridized carbons (Fsp3) is 1.00. The van der Waals surface area contributed by atoms with Gasteiger partial charge in [0, 0.05) is 12.6 Å². The summed E-state index contributed by atoms with van der Waals surface area (Å²) in [5.41, 5.74) is 0.862. The van der Waals surface area contributed by atoms with Gasteiger partial charge >= 0.3 is 0 Å². The van der Waals surface area contributed by atoms with Crippen LogP contribution < -0.4 is 0 Å². The third kappa shape index (κ3) is 1.30. The molecule has 0 aromatic rings. The van der Waals surface area contributed by atoms with Crippen LogP contribution in [0.5, 0.6) is 0 Å². The fourth-order valence-corrected chi connectivity index (χ4v) is 5.58. The van der Waals surface area contributed by atoms with Crippen LogP contribution in [0, 0.1) is 35.0 Å². The largest absolute Gasteiger partial charge is 0.298 e. The zero-order valence-corrected chi connectivity index (χ0v) is 11.7. The molecule has 4 aliphatic rings. The van der Waals surface area contributed by atoms with Gasteiger partial charge in [0.2, 0.25) is 0 Å². The average Bonchev–Trinajstić information content (AvgIpc) is 3.09. The summed E-state index contributed by atoms with van der Waals surface area (Å²) in [6.45, 7) is 9.84. The third-order valence-electron chi connectivity index (χ3n) is 6.64. The van der Waals surface area contributed by atoms with E-state index in [0.717, 1.165) is 23.3 Å². The Morgan fingerprint density at radius 3 is 2.35 bits per heavy atom. The Morgan fingerprint density at radius 2 is 1.88 bits per heavy atom. The minimum atomic E-state index is 0.862. The molecule has 0 amide bonds. The molecular weight excluding hydrogens is 206 g/mol. The summed E-state index contributed by atoms with van der Waals surface area (Å²) in [5.74, 6) is 5.85. The highest BCUT2D eigenvalue weighted by atomic mass is 15.3. The van der Waals surface area contributed by atoms with E-state index in [1.807, 2.05) is 0 Å². The highest BCUT2D eigenvalue weighted by molar-refractivity contribution is 5.32. The molecule has 0 aromatic carbocycles. The average molecular weight is 233 g/mol. The van der Waals surface area contributed by atoms with E-state index in [2.05, 4.69) is 25.7 Å². The number of rotatable bonds is 6. The zero-order valence-electron chi connectivity index (χ0n) is 11.7. The predicted octanol–water partition coefficient (Wildman–Crippen LogP) is 3.40. The monoisotopic (exact) mass is 233 g/mol. The summed E-state index contributed by atoms with van der Waals surface area (Å²) in [4.78, 5) is 2.67. The lowest BCUT2D eigenvalue weighted by atomic mass is 9.82. The van der Waals surface area contributed by atoms with E-state index < -0.39 is 0 Å². The van der Waals surface area contributed by atoms with Crippen LogP contribution in [0.1, 0.15) is 46.5 Å². The Bertz CT molecular complexity index is 328. The summed E-state index contributed by atoms with van der Waals surface area (Å²) < 4.78 is 0. The maximum absolute atomic E-state index is 2.67. The number of hydrogen-bond donors (Lipinski definition) is 0.